The molecule has 2 heteroatoms. The van der Waals surface area contributed by atoms with Gasteiger partial charge >= 0.3 is 0 Å². The van der Waals surface area contributed by atoms with Crippen LogP contribution in [0.4, 0.5) is 17.1 Å². The number of benzene rings is 9. The Balaban J connectivity index is 1.24. The van der Waals surface area contributed by atoms with Crippen LogP contribution in [0.25, 0.3) is 70.9 Å². The second-order valence-corrected chi connectivity index (χ2v) is 13.0. The van der Waals surface area contributed by atoms with Gasteiger partial charge < -0.3 is 9.47 Å². The number of rotatable bonds is 5. The van der Waals surface area contributed by atoms with E-state index in [1.165, 1.54) is 65.3 Å². The van der Waals surface area contributed by atoms with Crippen molar-refractivity contribution in [3.63, 3.8) is 0 Å². The van der Waals surface area contributed by atoms with Crippen LogP contribution >= 0.6 is 0 Å². The molecule has 0 saturated carbocycles. The molecule has 0 aliphatic carbocycles. The Kier molecular flexibility index (Phi) is 6.53. The number of aromatic nitrogens is 1. The predicted molar refractivity (Wildman–Crippen MR) is 213 cm³/mol. The smallest absolute Gasteiger partial charge is 0.0562 e. The summed E-state index contributed by atoms with van der Waals surface area (Å²) in [6.45, 7) is 0. The van der Waals surface area contributed by atoms with Gasteiger partial charge in [-0.25, -0.2) is 0 Å². The quantitative estimate of drug-likeness (QED) is 0.171. The fourth-order valence-corrected chi connectivity index (χ4v) is 7.87. The Morgan fingerprint density at radius 2 is 0.940 bits per heavy atom. The van der Waals surface area contributed by atoms with Crippen LogP contribution in [-0.4, -0.2) is 4.57 Å². The van der Waals surface area contributed by atoms with E-state index >= 15 is 0 Å². The van der Waals surface area contributed by atoms with Crippen LogP contribution < -0.4 is 4.90 Å². The first-order valence-corrected chi connectivity index (χ1v) is 17.2. The Labute approximate surface area is 290 Å². The second kappa shape index (κ2) is 11.5. The normalized spacial score (nSPS) is 11.6. The van der Waals surface area contributed by atoms with E-state index in [9.17, 15) is 0 Å². The highest BCUT2D eigenvalue weighted by Gasteiger charge is 2.21. The summed E-state index contributed by atoms with van der Waals surface area (Å²) in [5.74, 6) is 0. The van der Waals surface area contributed by atoms with Gasteiger partial charge in [-0.3, -0.25) is 0 Å². The summed E-state index contributed by atoms with van der Waals surface area (Å²) < 4.78 is 2.39. The number of hydrogen-bond acceptors (Lipinski definition) is 1. The third kappa shape index (κ3) is 4.50. The summed E-state index contributed by atoms with van der Waals surface area (Å²) in [6, 6.07) is 70.5. The van der Waals surface area contributed by atoms with Crippen molar-refractivity contribution in [1.82, 2.24) is 4.57 Å². The largest absolute Gasteiger partial charge is 0.310 e. The molecule has 2 nitrogen and oxygen atoms in total. The van der Waals surface area contributed by atoms with Crippen molar-refractivity contribution in [3.8, 4) is 16.8 Å². The lowest BCUT2D eigenvalue weighted by Gasteiger charge is -2.27. The van der Waals surface area contributed by atoms with Crippen molar-refractivity contribution < 1.29 is 0 Å². The maximum atomic E-state index is 2.44. The lowest BCUT2D eigenvalue weighted by Crippen LogP contribution is -2.10. The maximum Gasteiger partial charge on any atom is 0.0562 e. The molecule has 0 N–H and O–H groups in total. The minimum absolute atomic E-state index is 1.11. The predicted octanol–water partition coefficient (Wildman–Crippen LogP) is 13.4. The third-order valence-corrected chi connectivity index (χ3v) is 10.1. The fraction of sp³-hybridized carbons (Fsp3) is 0. The second-order valence-electron chi connectivity index (χ2n) is 13.0. The van der Waals surface area contributed by atoms with Crippen LogP contribution in [-0.2, 0) is 0 Å². The van der Waals surface area contributed by atoms with E-state index in [0.29, 0.717) is 0 Å². The summed E-state index contributed by atoms with van der Waals surface area (Å²) in [7, 11) is 0. The van der Waals surface area contributed by atoms with Gasteiger partial charge in [-0.1, -0.05) is 140 Å². The molecular weight excluding hydrogens is 605 g/mol. The molecule has 0 unspecified atom stereocenters. The molecule has 1 aromatic heterocycles. The Morgan fingerprint density at radius 1 is 0.360 bits per heavy atom. The molecule has 0 fully saturated rings. The van der Waals surface area contributed by atoms with Crippen LogP contribution in [0.3, 0.4) is 0 Å². The Bertz CT molecular complexity index is 2860. The first-order chi connectivity index (χ1) is 24.8. The Morgan fingerprint density at radius 3 is 1.76 bits per heavy atom. The molecule has 0 aliphatic heterocycles. The zero-order valence-corrected chi connectivity index (χ0v) is 27.4. The topological polar surface area (TPSA) is 8.17 Å². The van der Waals surface area contributed by atoms with Crippen molar-refractivity contribution in [2.24, 2.45) is 0 Å². The Hall–Kier alpha value is -6.64. The van der Waals surface area contributed by atoms with Gasteiger partial charge in [-0.15, -0.1) is 0 Å². The molecular formula is C48H32N2. The molecule has 10 aromatic rings. The highest BCUT2D eigenvalue weighted by molar-refractivity contribution is 6.17. The fourth-order valence-electron chi connectivity index (χ4n) is 7.87. The molecule has 0 saturated heterocycles. The lowest BCUT2D eigenvalue weighted by molar-refractivity contribution is 1.18. The molecule has 9 aromatic carbocycles. The van der Waals surface area contributed by atoms with Gasteiger partial charge in [-0.05, 0) is 98.0 Å². The zero-order valence-electron chi connectivity index (χ0n) is 27.4. The van der Waals surface area contributed by atoms with Crippen LogP contribution in [0, 0.1) is 0 Å². The van der Waals surface area contributed by atoms with Gasteiger partial charge in [0.15, 0.2) is 0 Å². The highest BCUT2D eigenvalue weighted by atomic mass is 15.1. The van der Waals surface area contributed by atoms with Crippen molar-refractivity contribution in [2.75, 3.05) is 4.90 Å². The average molecular weight is 637 g/mol. The monoisotopic (exact) mass is 636 g/mol. The number of hydrogen-bond donors (Lipinski definition) is 0. The molecule has 0 amide bonds. The van der Waals surface area contributed by atoms with E-state index < -0.39 is 0 Å². The van der Waals surface area contributed by atoms with Gasteiger partial charge in [0, 0.05) is 27.8 Å². The average Bonchev–Trinajstić information content (AvgIpc) is 3.53. The number of nitrogens with zero attached hydrogens (tertiary/aromatic N) is 2. The SMILES string of the molecule is c1ccc(-n2c3ccccc3c3c(N(c4ccc(-c5cccc6ccccc56)cc4)c4ccc5ccc6ccccc6c5c4)cccc32)cc1. The van der Waals surface area contributed by atoms with Crippen LogP contribution in [0.1, 0.15) is 0 Å². The molecule has 50 heavy (non-hydrogen) atoms. The molecule has 10 rings (SSSR count). The maximum absolute atomic E-state index is 2.44. The van der Waals surface area contributed by atoms with Gasteiger partial charge in [0.25, 0.3) is 0 Å². The van der Waals surface area contributed by atoms with Crippen LogP contribution in [0.2, 0.25) is 0 Å². The van der Waals surface area contributed by atoms with E-state index in [-0.39, 0.29) is 0 Å². The van der Waals surface area contributed by atoms with Crippen LogP contribution in [0.5, 0.6) is 0 Å². The number of anilines is 3. The molecule has 0 radical (unpaired) electrons. The summed E-state index contributed by atoms with van der Waals surface area (Å²) in [5.41, 5.74) is 9.34. The molecule has 0 atom stereocenters. The number of fused-ring (bicyclic) bond motifs is 7. The summed E-state index contributed by atoms with van der Waals surface area (Å²) in [5, 5.41) is 9.95. The van der Waals surface area contributed by atoms with E-state index in [4.69, 9.17) is 0 Å². The zero-order chi connectivity index (χ0) is 33.0. The first kappa shape index (κ1) is 28.4. The standard InChI is InChI=1S/C48H32N2/c1-2-15-37(16-3-1)50-45-21-9-8-19-43(45)48-46(22-11-23-47(48)50)49(39-31-28-36-25-24-34-13-5-7-18-42(34)44(36)32-39)38-29-26-35(27-30-38)41-20-10-14-33-12-4-6-17-40(33)41/h1-32H. The molecule has 0 bridgehead atoms. The van der Waals surface area contributed by atoms with Crippen molar-refractivity contribution >= 4 is 71.2 Å². The van der Waals surface area contributed by atoms with Crippen molar-refractivity contribution in [3.05, 3.63) is 194 Å². The third-order valence-electron chi connectivity index (χ3n) is 10.1. The van der Waals surface area contributed by atoms with Gasteiger partial charge in [-0.2, -0.15) is 0 Å². The molecule has 234 valence electrons. The van der Waals surface area contributed by atoms with Crippen molar-refractivity contribution in [1.29, 1.82) is 0 Å². The van der Waals surface area contributed by atoms with E-state index in [1.54, 1.807) is 0 Å². The minimum atomic E-state index is 1.11. The van der Waals surface area contributed by atoms with E-state index in [0.717, 1.165) is 22.7 Å². The van der Waals surface area contributed by atoms with Crippen molar-refractivity contribution in [2.45, 2.75) is 0 Å². The number of para-hydroxylation sites is 2. The summed E-state index contributed by atoms with van der Waals surface area (Å²) in [4.78, 5) is 2.44. The highest BCUT2D eigenvalue weighted by Crippen LogP contribution is 2.45. The lowest BCUT2D eigenvalue weighted by atomic mass is 9.97. The van der Waals surface area contributed by atoms with Gasteiger partial charge in [0.2, 0.25) is 0 Å². The van der Waals surface area contributed by atoms with Crippen LogP contribution in [0.15, 0.2) is 194 Å². The van der Waals surface area contributed by atoms with Gasteiger partial charge in [0.05, 0.1) is 16.7 Å². The summed E-state index contributed by atoms with van der Waals surface area (Å²) in [6.07, 6.45) is 0. The molecule has 0 spiro atoms. The van der Waals surface area contributed by atoms with E-state index in [2.05, 4.69) is 204 Å². The van der Waals surface area contributed by atoms with E-state index in [1.807, 2.05) is 0 Å². The minimum Gasteiger partial charge on any atom is -0.310 e. The molecule has 1 heterocycles. The first-order valence-electron chi connectivity index (χ1n) is 17.2. The van der Waals surface area contributed by atoms with Gasteiger partial charge in [0.1, 0.15) is 0 Å². The molecule has 0 aliphatic rings. The summed E-state index contributed by atoms with van der Waals surface area (Å²) >= 11 is 0.